The van der Waals surface area contributed by atoms with Gasteiger partial charge in [0.1, 0.15) is 11.5 Å². The molecule has 0 bridgehead atoms. The van der Waals surface area contributed by atoms with Crippen LogP contribution in [0.5, 0.6) is 0 Å². The molecule has 2 aromatic rings. The van der Waals surface area contributed by atoms with Gasteiger partial charge < -0.3 is 10.6 Å². The summed E-state index contributed by atoms with van der Waals surface area (Å²) >= 11 is 0. The fourth-order valence-electron chi connectivity index (χ4n) is 3.94. The number of amides is 2. The number of rotatable bonds is 2. The van der Waals surface area contributed by atoms with Crippen LogP contribution in [0.3, 0.4) is 0 Å². The molecule has 0 fully saturated rings. The van der Waals surface area contributed by atoms with E-state index in [1.807, 2.05) is 12.5 Å². The zero-order chi connectivity index (χ0) is 18.4. The molecule has 1 aliphatic carbocycles. The van der Waals surface area contributed by atoms with E-state index in [2.05, 4.69) is 4.98 Å². The molecule has 0 unspecified atom stereocenters. The third kappa shape index (κ3) is 2.57. The quantitative estimate of drug-likeness (QED) is 0.903. The van der Waals surface area contributed by atoms with Gasteiger partial charge >= 0.3 is 0 Å². The number of halogens is 1. The van der Waals surface area contributed by atoms with Crippen molar-refractivity contribution < 1.29 is 14.0 Å². The molecule has 0 saturated carbocycles. The molecule has 1 radical (unpaired) electrons. The highest BCUT2D eigenvalue weighted by Crippen LogP contribution is 2.38. The molecule has 1 aromatic carbocycles. The number of benzene rings is 1. The Morgan fingerprint density at radius 1 is 1.27 bits per heavy atom. The van der Waals surface area contributed by atoms with E-state index in [0.717, 1.165) is 47.1 Å². The van der Waals surface area contributed by atoms with Crippen LogP contribution in [0, 0.1) is 12.2 Å². The zero-order valence-corrected chi connectivity index (χ0v) is 14.5. The molecule has 133 valence electrons. The van der Waals surface area contributed by atoms with Gasteiger partial charge in [-0.25, -0.2) is 4.39 Å². The molecule has 2 heterocycles. The van der Waals surface area contributed by atoms with E-state index < -0.39 is 11.7 Å². The smallest absolute Gasteiger partial charge is 0.267 e. The van der Waals surface area contributed by atoms with Crippen LogP contribution in [0.1, 0.15) is 46.4 Å². The van der Waals surface area contributed by atoms with Crippen molar-refractivity contribution in [1.29, 1.82) is 0 Å². The van der Waals surface area contributed by atoms with Gasteiger partial charge in [-0.15, -0.1) is 0 Å². The predicted octanol–water partition coefficient (Wildman–Crippen LogP) is 2.78. The molecule has 0 atom stereocenters. The fraction of sp³-hybridized carbons (Fsp3) is 0.300. The van der Waals surface area contributed by atoms with E-state index in [1.165, 1.54) is 11.0 Å². The van der Waals surface area contributed by atoms with Crippen LogP contribution in [0.2, 0.25) is 0 Å². The van der Waals surface area contributed by atoms with Gasteiger partial charge in [-0.05, 0) is 66.5 Å². The Hall–Kier alpha value is -2.76. The monoisotopic (exact) mass is 352 g/mol. The largest absolute Gasteiger partial charge is 0.364 e. The van der Waals surface area contributed by atoms with E-state index in [4.69, 9.17) is 5.73 Å². The third-order valence-corrected chi connectivity index (χ3v) is 5.21. The first-order chi connectivity index (χ1) is 12.5. The third-order valence-electron chi connectivity index (χ3n) is 5.21. The molecule has 1 aliphatic heterocycles. The number of carbonyl (C=O) groups excluding carboxylic acids is 2. The maximum Gasteiger partial charge on any atom is 0.267 e. The first-order valence-corrected chi connectivity index (χ1v) is 8.71. The number of hydrogen-bond donors (Lipinski definition) is 1. The van der Waals surface area contributed by atoms with E-state index in [0.29, 0.717) is 18.5 Å². The molecule has 2 amide bonds. The summed E-state index contributed by atoms with van der Waals surface area (Å²) in [6.45, 7) is 0. The molecule has 2 N–H and O–H groups in total. The number of aryl methyl sites for hydroxylation is 1. The summed E-state index contributed by atoms with van der Waals surface area (Å²) in [4.78, 5) is 29.2. The second-order valence-electron chi connectivity index (χ2n) is 6.79. The average molecular weight is 352 g/mol. The first-order valence-electron chi connectivity index (χ1n) is 8.71. The van der Waals surface area contributed by atoms with Crippen LogP contribution in [-0.4, -0.2) is 23.8 Å². The lowest BCUT2D eigenvalue weighted by Gasteiger charge is -2.27. The summed E-state index contributed by atoms with van der Waals surface area (Å²) < 4.78 is 14.8. The second kappa shape index (κ2) is 6.20. The van der Waals surface area contributed by atoms with Crippen LogP contribution in [0.15, 0.2) is 18.3 Å². The van der Waals surface area contributed by atoms with Gasteiger partial charge in [0.25, 0.3) is 5.91 Å². The van der Waals surface area contributed by atoms with Gasteiger partial charge in [0.15, 0.2) is 0 Å². The van der Waals surface area contributed by atoms with Crippen molar-refractivity contribution in [3.8, 4) is 11.1 Å². The minimum absolute atomic E-state index is 0.0800. The molecule has 26 heavy (non-hydrogen) atoms. The lowest BCUT2D eigenvalue weighted by atomic mass is 9.85. The van der Waals surface area contributed by atoms with E-state index >= 15 is 0 Å². The van der Waals surface area contributed by atoms with Crippen molar-refractivity contribution in [2.45, 2.75) is 32.1 Å². The van der Waals surface area contributed by atoms with Gasteiger partial charge in [-0.2, -0.15) is 0 Å². The fourth-order valence-corrected chi connectivity index (χ4v) is 3.94. The van der Waals surface area contributed by atoms with Crippen LogP contribution in [0.25, 0.3) is 11.1 Å². The Morgan fingerprint density at radius 2 is 2.08 bits per heavy atom. The summed E-state index contributed by atoms with van der Waals surface area (Å²) in [6.07, 6.45) is 7.10. The standard InChI is InChI=1S/C20H19FN3O2/c1-24-17(25)7-6-11-8-12(9-16(21)19(11)24)15-10-23-18(20(22)26)14-5-3-2-4-13(14)15/h5,8-10H,2-4,6-7H2,1H3,(H2,22,26). The molecule has 5 nitrogen and oxygen atoms in total. The molecule has 1 aromatic heterocycles. The lowest BCUT2D eigenvalue weighted by Crippen LogP contribution is -2.32. The van der Waals surface area contributed by atoms with Gasteiger partial charge in [-0.3, -0.25) is 14.6 Å². The summed E-state index contributed by atoms with van der Waals surface area (Å²) in [6, 6.07) is 3.38. The number of fused-ring (bicyclic) bond motifs is 2. The Balaban J connectivity index is 1.88. The van der Waals surface area contributed by atoms with Gasteiger partial charge in [-0.1, -0.05) is 0 Å². The highest BCUT2D eigenvalue weighted by molar-refractivity contribution is 5.97. The number of aromatic nitrogens is 1. The van der Waals surface area contributed by atoms with E-state index in [-0.39, 0.29) is 11.6 Å². The second-order valence-corrected chi connectivity index (χ2v) is 6.79. The number of carbonyl (C=O) groups is 2. The van der Waals surface area contributed by atoms with Crippen molar-refractivity contribution in [2.75, 3.05) is 11.9 Å². The molecular weight excluding hydrogens is 333 g/mol. The highest BCUT2D eigenvalue weighted by atomic mass is 19.1. The number of anilines is 1. The molecule has 2 aliphatic rings. The van der Waals surface area contributed by atoms with Gasteiger partial charge in [0.05, 0.1) is 5.69 Å². The van der Waals surface area contributed by atoms with Gasteiger partial charge in [0.2, 0.25) is 5.91 Å². The molecular formula is C20H19FN3O2. The van der Waals surface area contributed by atoms with Crippen molar-refractivity contribution in [2.24, 2.45) is 5.73 Å². The van der Waals surface area contributed by atoms with Crippen molar-refractivity contribution >= 4 is 17.5 Å². The number of primary amides is 1. The Morgan fingerprint density at radius 3 is 2.85 bits per heavy atom. The summed E-state index contributed by atoms with van der Waals surface area (Å²) in [5.41, 5.74) is 10.2. The molecule has 4 rings (SSSR count). The van der Waals surface area contributed by atoms with Crippen molar-refractivity contribution in [3.63, 3.8) is 0 Å². The molecule has 6 heteroatoms. The van der Waals surface area contributed by atoms with Gasteiger partial charge in [0, 0.05) is 25.2 Å². The zero-order valence-electron chi connectivity index (χ0n) is 14.5. The van der Waals surface area contributed by atoms with Crippen LogP contribution >= 0.6 is 0 Å². The molecule has 0 spiro atoms. The SMILES string of the molecule is CN1C(=O)CCc2cc(-c3cnc(C(N)=O)c4c3CCC[CH]4)cc(F)c21. The number of hydrogen-bond acceptors (Lipinski definition) is 3. The number of nitrogens with two attached hydrogens (primary N) is 1. The van der Waals surface area contributed by atoms with E-state index in [1.54, 1.807) is 13.2 Å². The lowest BCUT2D eigenvalue weighted by molar-refractivity contribution is -0.118. The van der Waals surface area contributed by atoms with E-state index in [9.17, 15) is 14.0 Å². The summed E-state index contributed by atoms with van der Waals surface area (Å²) in [5.74, 6) is -1.05. The number of pyridine rings is 1. The molecule has 0 saturated heterocycles. The first kappa shape index (κ1) is 16.7. The normalized spacial score (nSPS) is 16.2. The maximum atomic E-state index is 14.8. The minimum atomic E-state index is -0.553. The van der Waals surface area contributed by atoms with Crippen LogP contribution < -0.4 is 10.6 Å². The number of nitrogens with zero attached hydrogens (tertiary/aromatic N) is 2. The van der Waals surface area contributed by atoms with Crippen LogP contribution in [0.4, 0.5) is 10.1 Å². The summed E-state index contributed by atoms with van der Waals surface area (Å²) in [5, 5.41) is 0. The summed E-state index contributed by atoms with van der Waals surface area (Å²) in [7, 11) is 1.60. The maximum absolute atomic E-state index is 14.8. The van der Waals surface area contributed by atoms with Crippen LogP contribution in [-0.2, 0) is 17.6 Å². The highest BCUT2D eigenvalue weighted by Gasteiger charge is 2.27. The topological polar surface area (TPSA) is 76.3 Å². The minimum Gasteiger partial charge on any atom is -0.364 e. The Labute approximate surface area is 151 Å². The van der Waals surface area contributed by atoms with Crippen molar-refractivity contribution in [1.82, 2.24) is 4.98 Å². The Kier molecular flexibility index (Phi) is 3.98. The Bertz CT molecular complexity index is 939. The van der Waals surface area contributed by atoms with Crippen molar-refractivity contribution in [3.05, 3.63) is 53.0 Å². The average Bonchev–Trinajstić information content (AvgIpc) is 2.63. The predicted molar refractivity (Wildman–Crippen MR) is 96.2 cm³/mol.